The fourth-order valence-electron chi connectivity index (χ4n) is 2.38. The number of ether oxygens (including phenoxy) is 1. The molecule has 0 fully saturated rings. The fourth-order valence-corrected chi connectivity index (χ4v) is 3.93. The van der Waals surface area contributed by atoms with Crippen LogP contribution < -0.4 is 4.74 Å². The van der Waals surface area contributed by atoms with Gasteiger partial charge in [-0.3, -0.25) is 0 Å². The van der Waals surface area contributed by atoms with Crippen molar-refractivity contribution in [1.29, 1.82) is 0 Å². The SMILES string of the molecule is CC(C)Oc1ccc(-c2nccn2S(=O)(=O)c2ccccc2)cc1Cl. The van der Waals surface area contributed by atoms with Gasteiger partial charge in [0.15, 0.2) is 5.82 Å². The summed E-state index contributed by atoms with van der Waals surface area (Å²) in [4.78, 5) is 4.39. The second kappa shape index (κ2) is 6.90. The van der Waals surface area contributed by atoms with Gasteiger partial charge in [-0.15, -0.1) is 0 Å². The van der Waals surface area contributed by atoms with Crippen molar-refractivity contribution in [3.8, 4) is 17.1 Å². The predicted octanol–water partition coefficient (Wildman–Crippen LogP) is 4.23. The van der Waals surface area contributed by atoms with Crippen LogP contribution in [0, 0.1) is 0 Å². The van der Waals surface area contributed by atoms with Gasteiger partial charge >= 0.3 is 0 Å². The summed E-state index contributed by atoms with van der Waals surface area (Å²) in [7, 11) is -3.74. The van der Waals surface area contributed by atoms with Crippen molar-refractivity contribution in [2.75, 3.05) is 0 Å². The molecule has 0 aliphatic heterocycles. The second-order valence-electron chi connectivity index (χ2n) is 5.68. The first-order valence-corrected chi connectivity index (χ1v) is 9.52. The van der Waals surface area contributed by atoms with Crippen molar-refractivity contribution >= 4 is 21.6 Å². The molecule has 0 bridgehead atoms. The van der Waals surface area contributed by atoms with E-state index in [1.807, 2.05) is 13.8 Å². The van der Waals surface area contributed by atoms with Crippen LogP contribution in [-0.4, -0.2) is 23.5 Å². The fraction of sp³-hybridized carbons (Fsp3) is 0.167. The highest BCUT2D eigenvalue weighted by Gasteiger charge is 2.21. The quantitative estimate of drug-likeness (QED) is 0.668. The zero-order valence-electron chi connectivity index (χ0n) is 13.8. The van der Waals surface area contributed by atoms with Gasteiger partial charge in [0.05, 0.1) is 16.0 Å². The third-order valence-electron chi connectivity index (χ3n) is 3.46. The summed E-state index contributed by atoms with van der Waals surface area (Å²) >= 11 is 6.26. The zero-order valence-corrected chi connectivity index (χ0v) is 15.3. The van der Waals surface area contributed by atoms with Crippen LogP contribution in [-0.2, 0) is 10.0 Å². The number of hydrogen-bond donors (Lipinski definition) is 0. The van der Waals surface area contributed by atoms with Crippen molar-refractivity contribution in [3.05, 3.63) is 65.9 Å². The monoisotopic (exact) mass is 376 g/mol. The molecule has 0 saturated heterocycles. The molecule has 0 amide bonds. The summed E-state index contributed by atoms with van der Waals surface area (Å²) in [5.41, 5.74) is 0.589. The topological polar surface area (TPSA) is 61.2 Å². The average molecular weight is 377 g/mol. The lowest BCUT2D eigenvalue weighted by molar-refractivity contribution is 0.242. The van der Waals surface area contributed by atoms with Crippen LogP contribution in [0.4, 0.5) is 0 Å². The maximum atomic E-state index is 12.9. The lowest BCUT2D eigenvalue weighted by atomic mass is 10.2. The summed E-state index contributed by atoms with van der Waals surface area (Å²) in [6.07, 6.45) is 2.86. The summed E-state index contributed by atoms with van der Waals surface area (Å²) in [5, 5.41) is 0.401. The Morgan fingerprint density at radius 2 is 1.84 bits per heavy atom. The van der Waals surface area contributed by atoms with E-state index in [2.05, 4.69) is 4.98 Å². The Morgan fingerprint density at radius 1 is 1.12 bits per heavy atom. The van der Waals surface area contributed by atoms with Crippen LogP contribution in [0.3, 0.4) is 0 Å². The van der Waals surface area contributed by atoms with Crippen molar-refractivity contribution in [3.63, 3.8) is 0 Å². The van der Waals surface area contributed by atoms with Crippen molar-refractivity contribution < 1.29 is 13.2 Å². The van der Waals surface area contributed by atoms with Gasteiger partial charge in [-0.2, -0.15) is 0 Å². The van der Waals surface area contributed by atoms with Gasteiger partial charge in [-0.25, -0.2) is 17.4 Å². The molecular formula is C18H17ClN2O3S. The van der Waals surface area contributed by atoms with Crippen molar-refractivity contribution in [2.45, 2.75) is 24.8 Å². The molecule has 0 spiro atoms. The molecule has 25 heavy (non-hydrogen) atoms. The molecule has 3 rings (SSSR count). The van der Waals surface area contributed by atoms with E-state index >= 15 is 0 Å². The average Bonchev–Trinajstić information content (AvgIpc) is 3.08. The highest BCUT2D eigenvalue weighted by atomic mass is 35.5. The molecule has 1 heterocycles. The van der Waals surface area contributed by atoms with E-state index in [1.165, 1.54) is 12.4 Å². The molecule has 0 atom stereocenters. The minimum atomic E-state index is -3.74. The van der Waals surface area contributed by atoms with Gasteiger partial charge in [0, 0.05) is 18.0 Å². The van der Waals surface area contributed by atoms with Gasteiger partial charge in [0.25, 0.3) is 10.0 Å². The van der Waals surface area contributed by atoms with Gasteiger partial charge < -0.3 is 4.74 Å². The number of benzene rings is 2. The Labute approximate surface area is 151 Å². The first kappa shape index (κ1) is 17.5. The normalized spacial score (nSPS) is 11.7. The van der Waals surface area contributed by atoms with Crippen LogP contribution in [0.15, 0.2) is 65.8 Å². The third-order valence-corrected chi connectivity index (χ3v) is 5.44. The maximum absolute atomic E-state index is 12.9. The van der Waals surface area contributed by atoms with E-state index in [9.17, 15) is 8.42 Å². The van der Waals surface area contributed by atoms with E-state index in [4.69, 9.17) is 16.3 Å². The van der Waals surface area contributed by atoms with Gasteiger partial charge in [-0.05, 0) is 44.2 Å². The lowest BCUT2D eigenvalue weighted by Crippen LogP contribution is -2.13. The molecule has 0 saturated carbocycles. The van der Waals surface area contributed by atoms with Crippen LogP contribution in [0.5, 0.6) is 5.75 Å². The van der Waals surface area contributed by atoms with Crippen LogP contribution in [0.25, 0.3) is 11.4 Å². The molecule has 0 radical (unpaired) electrons. The van der Waals surface area contributed by atoms with Gasteiger partial charge in [0.2, 0.25) is 0 Å². The molecule has 0 unspecified atom stereocenters. The van der Waals surface area contributed by atoms with Gasteiger partial charge in [0.1, 0.15) is 5.75 Å². The number of imidazole rings is 1. The maximum Gasteiger partial charge on any atom is 0.269 e. The van der Waals surface area contributed by atoms with Crippen molar-refractivity contribution in [2.24, 2.45) is 0 Å². The molecule has 5 nitrogen and oxygen atoms in total. The van der Waals surface area contributed by atoms with E-state index in [-0.39, 0.29) is 11.0 Å². The molecule has 0 aliphatic carbocycles. The van der Waals surface area contributed by atoms with Crippen molar-refractivity contribution in [1.82, 2.24) is 8.96 Å². The van der Waals surface area contributed by atoms with E-state index in [0.717, 1.165) is 3.97 Å². The Balaban J connectivity index is 2.04. The molecule has 2 aromatic carbocycles. The van der Waals surface area contributed by atoms with Gasteiger partial charge in [-0.1, -0.05) is 29.8 Å². The number of halogens is 1. The third kappa shape index (κ3) is 3.55. The van der Waals surface area contributed by atoms with E-state index < -0.39 is 10.0 Å². The summed E-state index contributed by atoms with van der Waals surface area (Å²) in [5.74, 6) is 0.839. The molecule has 0 aliphatic rings. The summed E-state index contributed by atoms with van der Waals surface area (Å²) < 4.78 is 32.5. The number of aromatic nitrogens is 2. The van der Waals surface area contributed by atoms with Crippen LogP contribution in [0.2, 0.25) is 5.02 Å². The molecule has 0 N–H and O–H groups in total. The molecule has 1 aromatic heterocycles. The molecule has 7 heteroatoms. The molecular weight excluding hydrogens is 360 g/mol. The highest BCUT2D eigenvalue weighted by molar-refractivity contribution is 7.90. The number of rotatable bonds is 5. The highest BCUT2D eigenvalue weighted by Crippen LogP contribution is 2.31. The smallest absolute Gasteiger partial charge is 0.269 e. The first-order valence-electron chi connectivity index (χ1n) is 7.70. The number of nitrogens with zero attached hydrogens (tertiary/aromatic N) is 2. The Morgan fingerprint density at radius 3 is 2.48 bits per heavy atom. The summed E-state index contributed by atoms with van der Waals surface area (Å²) in [6.45, 7) is 3.81. The standard InChI is InChI=1S/C18H17ClN2O3S/c1-13(2)24-17-9-8-14(12-16(17)19)18-20-10-11-21(18)25(22,23)15-6-4-3-5-7-15/h3-13H,1-2H3. The Hall–Kier alpha value is -2.31. The van der Waals surface area contributed by atoms with E-state index in [1.54, 1.807) is 48.5 Å². The van der Waals surface area contributed by atoms with Crippen LogP contribution >= 0.6 is 11.6 Å². The predicted molar refractivity (Wildman–Crippen MR) is 97.5 cm³/mol. The Kier molecular flexibility index (Phi) is 4.83. The molecule has 3 aromatic rings. The Bertz CT molecular complexity index is 983. The second-order valence-corrected chi connectivity index (χ2v) is 7.90. The lowest BCUT2D eigenvalue weighted by Gasteiger charge is -2.13. The van der Waals surface area contributed by atoms with Crippen LogP contribution in [0.1, 0.15) is 13.8 Å². The van der Waals surface area contributed by atoms with E-state index in [0.29, 0.717) is 22.2 Å². The summed E-state index contributed by atoms with van der Waals surface area (Å²) in [6, 6.07) is 13.3. The zero-order chi connectivity index (χ0) is 18.0. The molecule has 130 valence electrons. The minimum Gasteiger partial charge on any atom is -0.489 e. The first-order chi connectivity index (χ1) is 11.9. The minimum absolute atomic E-state index is 0.0104. The number of hydrogen-bond acceptors (Lipinski definition) is 4. The largest absolute Gasteiger partial charge is 0.489 e.